The topological polar surface area (TPSA) is 9.23 Å². The van der Waals surface area contributed by atoms with Crippen LogP contribution in [0.3, 0.4) is 0 Å². The average molecular weight is 250 g/mol. The molecule has 0 aromatic heterocycles. The summed E-state index contributed by atoms with van der Waals surface area (Å²) in [5.74, 6) is 0. The van der Waals surface area contributed by atoms with E-state index in [1.54, 1.807) is 11.1 Å². The molecule has 1 nitrogen and oxygen atoms in total. The maximum atomic E-state index is 5.89. The highest BCUT2D eigenvalue weighted by molar-refractivity contribution is 7.42. The van der Waals surface area contributed by atoms with E-state index < -0.39 is 0 Å². The van der Waals surface area contributed by atoms with E-state index in [4.69, 9.17) is 4.52 Å². The molecule has 0 radical (unpaired) electrons. The van der Waals surface area contributed by atoms with Crippen LogP contribution in [0.2, 0.25) is 0 Å². The fourth-order valence-electron chi connectivity index (χ4n) is 2.11. The van der Waals surface area contributed by atoms with Crippen molar-refractivity contribution in [3.63, 3.8) is 0 Å². The Bertz CT molecular complexity index is 358. The number of benzene rings is 1. The van der Waals surface area contributed by atoms with Gasteiger partial charge in [-0.1, -0.05) is 44.9 Å². The molecule has 1 unspecified atom stereocenters. The summed E-state index contributed by atoms with van der Waals surface area (Å²) < 4.78 is 5.89. The Morgan fingerprint density at radius 3 is 2.59 bits per heavy atom. The monoisotopic (exact) mass is 250 g/mol. The van der Waals surface area contributed by atoms with Crippen LogP contribution >= 0.6 is 8.81 Å². The molecule has 1 saturated carbocycles. The molecular formula is C15H23OP. The van der Waals surface area contributed by atoms with E-state index >= 15 is 0 Å². The largest absolute Gasteiger partial charge is 0.354 e. The van der Waals surface area contributed by atoms with Crippen molar-refractivity contribution in [1.82, 2.24) is 0 Å². The highest BCUT2D eigenvalue weighted by Crippen LogP contribution is 2.32. The van der Waals surface area contributed by atoms with Crippen LogP contribution < -0.4 is 5.30 Å². The van der Waals surface area contributed by atoms with Crippen LogP contribution in [0.1, 0.15) is 50.7 Å². The molecule has 17 heavy (non-hydrogen) atoms. The molecule has 0 saturated heterocycles. The second-order valence-corrected chi connectivity index (χ2v) is 5.84. The summed E-state index contributed by atoms with van der Waals surface area (Å²) in [6.07, 6.45) is 7.96. The lowest BCUT2D eigenvalue weighted by atomic mass is 10.00. The number of aryl methyl sites for hydroxylation is 1. The highest BCUT2D eigenvalue weighted by atomic mass is 31.1. The summed E-state index contributed by atoms with van der Waals surface area (Å²) in [4.78, 5) is 0. The van der Waals surface area contributed by atoms with Crippen LogP contribution in [0.15, 0.2) is 18.2 Å². The summed E-state index contributed by atoms with van der Waals surface area (Å²) in [7, 11) is 0.557. The number of hydrogen-bond donors (Lipinski definition) is 0. The van der Waals surface area contributed by atoms with Gasteiger partial charge >= 0.3 is 0 Å². The molecule has 0 amide bonds. The van der Waals surface area contributed by atoms with Gasteiger partial charge in [0, 0.05) is 14.1 Å². The third kappa shape index (κ3) is 3.79. The smallest absolute Gasteiger partial charge is 0.0620 e. The fraction of sp³-hybridized carbons (Fsp3) is 0.600. The summed E-state index contributed by atoms with van der Waals surface area (Å²) in [6.45, 7) is 4.52. The van der Waals surface area contributed by atoms with Gasteiger partial charge in [-0.25, -0.2) is 0 Å². The summed E-state index contributed by atoms with van der Waals surface area (Å²) >= 11 is 0. The first kappa shape index (κ1) is 13.1. The minimum Gasteiger partial charge on any atom is -0.354 e. The van der Waals surface area contributed by atoms with Crippen molar-refractivity contribution >= 4 is 14.1 Å². The molecule has 2 heteroatoms. The maximum Gasteiger partial charge on any atom is 0.0620 e. The Hall–Kier alpha value is -0.390. The zero-order valence-corrected chi connectivity index (χ0v) is 12.0. The van der Waals surface area contributed by atoms with Crippen LogP contribution in [0.4, 0.5) is 0 Å². The molecule has 0 bridgehead atoms. The maximum absolute atomic E-state index is 5.89. The third-order valence-electron chi connectivity index (χ3n) is 3.15. The van der Waals surface area contributed by atoms with E-state index in [9.17, 15) is 0 Å². The standard InChI is InChI=1S/C15H23OP/c1-3-6-12-8-5-9-15(14(12)7-4-2)17-16-13-10-11-13/h5,8-9,13,17H,3-4,6-7,10-11H2,1-2H3. The van der Waals surface area contributed by atoms with Crippen molar-refractivity contribution in [3.8, 4) is 0 Å². The summed E-state index contributed by atoms with van der Waals surface area (Å²) in [5, 5.41) is 1.45. The van der Waals surface area contributed by atoms with Gasteiger partial charge in [0.25, 0.3) is 0 Å². The van der Waals surface area contributed by atoms with Crippen LogP contribution in [-0.2, 0) is 17.4 Å². The molecule has 1 aliphatic rings. The van der Waals surface area contributed by atoms with Crippen molar-refractivity contribution in [2.75, 3.05) is 0 Å². The Morgan fingerprint density at radius 2 is 1.94 bits per heavy atom. The third-order valence-corrected chi connectivity index (χ3v) is 4.29. The molecule has 0 N–H and O–H groups in total. The Labute approximate surface area is 107 Å². The minimum atomic E-state index is 0.557. The van der Waals surface area contributed by atoms with E-state index in [0.29, 0.717) is 14.9 Å². The quantitative estimate of drug-likeness (QED) is 0.665. The van der Waals surface area contributed by atoms with Gasteiger partial charge in [-0.05, 0) is 36.8 Å². The van der Waals surface area contributed by atoms with E-state index in [2.05, 4.69) is 32.0 Å². The van der Waals surface area contributed by atoms with E-state index in [1.165, 1.54) is 43.8 Å². The number of hydrogen-bond acceptors (Lipinski definition) is 1. The van der Waals surface area contributed by atoms with Crippen molar-refractivity contribution in [1.29, 1.82) is 0 Å². The van der Waals surface area contributed by atoms with Gasteiger partial charge in [0.05, 0.1) is 6.10 Å². The van der Waals surface area contributed by atoms with E-state index in [-0.39, 0.29) is 0 Å². The Morgan fingerprint density at radius 1 is 1.18 bits per heavy atom. The predicted octanol–water partition coefficient (Wildman–Crippen LogP) is 3.99. The van der Waals surface area contributed by atoms with E-state index in [1.807, 2.05) is 0 Å². The zero-order valence-electron chi connectivity index (χ0n) is 11.0. The van der Waals surface area contributed by atoms with Gasteiger partial charge in [-0.2, -0.15) is 0 Å². The van der Waals surface area contributed by atoms with Crippen LogP contribution in [0.5, 0.6) is 0 Å². The van der Waals surface area contributed by atoms with Gasteiger partial charge in [0.2, 0.25) is 0 Å². The fourth-order valence-corrected chi connectivity index (χ4v) is 3.21. The first-order valence-corrected chi connectivity index (χ1v) is 7.78. The average Bonchev–Trinajstić information content (AvgIpc) is 3.14. The van der Waals surface area contributed by atoms with Gasteiger partial charge in [-0.3, -0.25) is 0 Å². The first-order chi connectivity index (χ1) is 8.35. The SMILES string of the molecule is CCCc1cccc(POC2CC2)c1CCC. The van der Waals surface area contributed by atoms with Gasteiger partial charge < -0.3 is 4.52 Å². The second kappa shape index (κ2) is 6.52. The Kier molecular flexibility index (Phi) is 5.00. The lowest BCUT2D eigenvalue weighted by molar-refractivity contribution is 0.352. The van der Waals surface area contributed by atoms with Crippen molar-refractivity contribution in [2.24, 2.45) is 0 Å². The minimum absolute atomic E-state index is 0.557. The van der Waals surface area contributed by atoms with Gasteiger partial charge in [0.1, 0.15) is 0 Å². The molecule has 1 fully saturated rings. The normalized spacial score (nSPS) is 15.9. The van der Waals surface area contributed by atoms with Crippen LogP contribution in [0.25, 0.3) is 0 Å². The molecule has 0 aliphatic heterocycles. The molecule has 1 aliphatic carbocycles. The molecule has 1 aromatic rings. The number of rotatable bonds is 7. The van der Waals surface area contributed by atoms with Crippen LogP contribution in [-0.4, -0.2) is 6.10 Å². The summed E-state index contributed by atoms with van der Waals surface area (Å²) in [5.41, 5.74) is 3.11. The molecule has 2 rings (SSSR count). The Balaban J connectivity index is 2.11. The molecule has 94 valence electrons. The lowest BCUT2D eigenvalue weighted by Gasteiger charge is -2.14. The predicted molar refractivity (Wildman–Crippen MR) is 76.5 cm³/mol. The van der Waals surface area contributed by atoms with Crippen molar-refractivity contribution < 1.29 is 4.52 Å². The zero-order chi connectivity index (χ0) is 12.1. The van der Waals surface area contributed by atoms with Gasteiger partial charge in [0.15, 0.2) is 0 Å². The highest BCUT2D eigenvalue weighted by Gasteiger charge is 2.22. The summed E-state index contributed by atoms with van der Waals surface area (Å²) in [6, 6.07) is 6.74. The van der Waals surface area contributed by atoms with Gasteiger partial charge in [-0.15, -0.1) is 0 Å². The first-order valence-electron chi connectivity index (χ1n) is 6.87. The van der Waals surface area contributed by atoms with Crippen molar-refractivity contribution in [3.05, 3.63) is 29.3 Å². The van der Waals surface area contributed by atoms with E-state index in [0.717, 1.165) is 0 Å². The molecular weight excluding hydrogens is 227 g/mol. The molecule has 1 aromatic carbocycles. The second-order valence-electron chi connectivity index (χ2n) is 4.86. The van der Waals surface area contributed by atoms with Crippen molar-refractivity contribution in [2.45, 2.75) is 58.5 Å². The molecule has 0 spiro atoms. The molecule has 0 heterocycles. The lowest BCUT2D eigenvalue weighted by Crippen LogP contribution is -2.09. The van der Waals surface area contributed by atoms with Crippen LogP contribution in [0, 0.1) is 0 Å². The molecule has 1 atom stereocenters.